The second kappa shape index (κ2) is 6.11. The fraction of sp³-hybridized carbons (Fsp3) is 0.533. The summed E-state index contributed by atoms with van der Waals surface area (Å²) in [4.78, 5) is 9.10. The molecule has 0 atom stereocenters. The highest BCUT2D eigenvalue weighted by molar-refractivity contribution is 5.40. The van der Waals surface area contributed by atoms with Gasteiger partial charge in [-0.25, -0.2) is 4.98 Å². The van der Waals surface area contributed by atoms with E-state index in [0.29, 0.717) is 17.5 Å². The number of hydrogen-bond donors (Lipinski definition) is 1. The Morgan fingerprint density at radius 3 is 2.86 bits per heavy atom. The zero-order chi connectivity index (χ0) is 14.7. The van der Waals surface area contributed by atoms with Gasteiger partial charge in [0.15, 0.2) is 5.75 Å². The Bertz CT molecular complexity index is 606. The van der Waals surface area contributed by atoms with Crippen LogP contribution in [0.3, 0.4) is 0 Å². The Kier molecular flexibility index (Phi) is 4.03. The van der Waals surface area contributed by atoms with Gasteiger partial charge in [0.25, 0.3) is 0 Å². The molecular weight excluding hydrogens is 266 g/mol. The smallest absolute Gasteiger partial charge is 0.224 e. The number of rotatable bonds is 7. The molecule has 0 bridgehead atoms. The first kappa shape index (κ1) is 13.9. The summed E-state index contributed by atoms with van der Waals surface area (Å²) in [6, 6.07) is 1.85. The summed E-state index contributed by atoms with van der Waals surface area (Å²) in [7, 11) is 0. The molecule has 0 spiro atoms. The molecule has 2 heterocycles. The van der Waals surface area contributed by atoms with Crippen molar-refractivity contribution in [3.63, 3.8) is 0 Å². The van der Waals surface area contributed by atoms with Crippen LogP contribution in [0.15, 0.2) is 18.5 Å². The maximum absolute atomic E-state index is 5.83. The van der Waals surface area contributed by atoms with Gasteiger partial charge in [0.1, 0.15) is 11.6 Å². The van der Waals surface area contributed by atoms with Gasteiger partial charge in [-0.2, -0.15) is 10.1 Å². The van der Waals surface area contributed by atoms with Crippen LogP contribution in [0.4, 0.5) is 5.82 Å². The normalized spacial score (nSPS) is 14.2. The van der Waals surface area contributed by atoms with Gasteiger partial charge >= 0.3 is 0 Å². The molecule has 0 aliphatic heterocycles. The van der Waals surface area contributed by atoms with E-state index in [1.807, 2.05) is 23.9 Å². The molecule has 1 aliphatic carbocycles. The molecule has 1 N–H and O–H groups in total. The van der Waals surface area contributed by atoms with E-state index in [-0.39, 0.29) is 0 Å². The van der Waals surface area contributed by atoms with E-state index in [4.69, 9.17) is 4.74 Å². The highest BCUT2D eigenvalue weighted by Gasteiger charge is 2.27. The van der Waals surface area contributed by atoms with E-state index in [9.17, 15) is 0 Å². The largest absolute Gasteiger partial charge is 0.436 e. The van der Waals surface area contributed by atoms with E-state index in [1.54, 1.807) is 6.20 Å². The van der Waals surface area contributed by atoms with Crippen molar-refractivity contribution in [1.82, 2.24) is 19.7 Å². The second-order valence-corrected chi connectivity index (χ2v) is 5.28. The van der Waals surface area contributed by atoms with Crippen molar-refractivity contribution < 1.29 is 4.74 Å². The summed E-state index contributed by atoms with van der Waals surface area (Å²) in [6.07, 6.45) is 6.98. The molecule has 1 saturated carbocycles. The summed E-state index contributed by atoms with van der Waals surface area (Å²) in [5.74, 6) is 3.51. The number of ether oxygens (including phenoxy) is 1. The Labute approximate surface area is 124 Å². The quantitative estimate of drug-likeness (QED) is 0.847. The van der Waals surface area contributed by atoms with Gasteiger partial charge in [0.2, 0.25) is 5.88 Å². The van der Waals surface area contributed by atoms with Crippen LogP contribution in [-0.4, -0.2) is 26.3 Å². The summed E-state index contributed by atoms with van der Waals surface area (Å²) < 4.78 is 7.65. The molecule has 21 heavy (non-hydrogen) atoms. The lowest BCUT2D eigenvalue weighted by molar-refractivity contribution is 0.458. The first-order chi connectivity index (χ1) is 10.3. The van der Waals surface area contributed by atoms with Crippen LogP contribution in [0.1, 0.15) is 44.9 Å². The maximum atomic E-state index is 5.83. The third-order valence-corrected chi connectivity index (χ3v) is 3.37. The predicted octanol–water partition coefficient (Wildman–Crippen LogP) is 3.18. The Balaban J connectivity index is 1.80. The van der Waals surface area contributed by atoms with E-state index >= 15 is 0 Å². The Morgan fingerprint density at radius 2 is 2.19 bits per heavy atom. The summed E-state index contributed by atoms with van der Waals surface area (Å²) in [5.41, 5.74) is 0. The molecule has 1 aliphatic rings. The van der Waals surface area contributed by atoms with E-state index in [0.717, 1.165) is 31.2 Å². The summed E-state index contributed by atoms with van der Waals surface area (Å²) >= 11 is 0. The number of aromatic nitrogens is 4. The molecule has 6 heteroatoms. The molecule has 0 unspecified atom stereocenters. The minimum atomic E-state index is 0.495. The fourth-order valence-corrected chi connectivity index (χ4v) is 2.05. The highest BCUT2D eigenvalue weighted by atomic mass is 16.5. The van der Waals surface area contributed by atoms with E-state index in [1.165, 1.54) is 12.8 Å². The second-order valence-electron chi connectivity index (χ2n) is 5.28. The zero-order valence-corrected chi connectivity index (χ0v) is 12.5. The van der Waals surface area contributed by atoms with Crippen LogP contribution >= 0.6 is 0 Å². The monoisotopic (exact) mass is 287 g/mol. The molecule has 112 valence electrons. The molecule has 2 aromatic rings. The average Bonchev–Trinajstić information content (AvgIpc) is 3.26. The number of nitrogens with one attached hydrogen (secondary N) is 1. The molecular formula is C15H21N5O. The van der Waals surface area contributed by atoms with Crippen LogP contribution < -0.4 is 10.1 Å². The van der Waals surface area contributed by atoms with Gasteiger partial charge in [-0.3, -0.25) is 4.68 Å². The van der Waals surface area contributed by atoms with Crippen LogP contribution in [0, 0.1) is 0 Å². The summed E-state index contributed by atoms with van der Waals surface area (Å²) in [6.45, 7) is 5.89. The Hall–Kier alpha value is -2.11. The van der Waals surface area contributed by atoms with Crippen molar-refractivity contribution in [1.29, 1.82) is 0 Å². The van der Waals surface area contributed by atoms with Crippen molar-refractivity contribution >= 4 is 5.82 Å². The van der Waals surface area contributed by atoms with Crippen LogP contribution in [0.2, 0.25) is 0 Å². The standard InChI is InChI=1S/C15H21N5O/c1-3-7-16-13-8-14(19-15(18-13)11-5-6-11)21-12-9-17-20(4-2)10-12/h8-11H,3-7H2,1-2H3,(H,16,18,19). The van der Waals surface area contributed by atoms with Crippen molar-refractivity contribution in [3.05, 3.63) is 24.3 Å². The number of anilines is 1. The van der Waals surface area contributed by atoms with Crippen molar-refractivity contribution in [2.75, 3.05) is 11.9 Å². The van der Waals surface area contributed by atoms with Gasteiger partial charge in [0.05, 0.1) is 12.4 Å². The maximum Gasteiger partial charge on any atom is 0.224 e. The summed E-state index contributed by atoms with van der Waals surface area (Å²) in [5, 5.41) is 7.51. The Morgan fingerprint density at radius 1 is 1.33 bits per heavy atom. The van der Waals surface area contributed by atoms with Crippen molar-refractivity contribution in [2.45, 2.75) is 45.6 Å². The molecule has 0 aromatic carbocycles. The van der Waals surface area contributed by atoms with E-state index in [2.05, 4.69) is 27.3 Å². The van der Waals surface area contributed by atoms with Crippen LogP contribution in [-0.2, 0) is 6.54 Å². The molecule has 1 fully saturated rings. The molecule has 2 aromatic heterocycles. The number of aryl methyl sites for hydroxylation is 1. The van der Waals surface area contributed by atoms with Gasteiger partial charge in [0, 0.05) is 25.1 Å². The third kappa shape index (κ3) is 3.51. The molecule has 6 nitrogen and oxygen atoms in total. The third-order valence-electron chi connectivity index (χ3n) is 3.37. The van der Waals surface area contributed by atoms with Gasteiger partial charge < -0.3 is 10.1 Å². The zero-order valence-electron chi connectivity index (χ0n) is 12.5. The molecule has 0 amide bonds. The predicted molar refractivity (Wildman–Crippen MR) is 80.8 cm³/mol. The van der Waals surface area contributed by atoms with Crippen molar-refractivity contribution in [3.8, 4) is 11.6 Å². The van der Waals surface area contributed by atoms with Gasteiger partial charge in [-0.15, -0.1) is 0 Å². The fourth-order valence-electron chi connectivity index (χ4n) is 2.05. The first-order valence-electron chi connectivity index (χ1n) is 7.61. The van der Waals surface area contributed by atoms with Crippen LogP contribution in [0.25, 0.3) is 0 Å². The van der Waals surface area contributed by atoms with Gasteiger partial charge in [-0.05, 0) is 26.2 Å². The lowest BCUT2D eigenvalue weighted by Crippen LogP contribution is -2.05. The number of hydrogen-bond acceptors (Lipinski definition) is 5. The van der Waals surface area contributed by atoms with Gasteiger partial charge in [-0.1, -0.05) is 6.92 Å². The molecule has 0 radical (unpaired) electrons. The molecule has 0 saturated heterocycles. The first-order valence-corrected chi connectivity index (χ1v) is 7.61. The van der Waals surface area contributed by atoms with Crippen molar-refractivity contribution in [2.24, 2.45) is 0 Å². The minimum absolute atomic E-state index is 0.495. The number of nitrogens with zero attached hydrogens (tertiary/aromatic N) is 4. The minimum Gasteiger partial charge on any atom is -0.436 e. The molecule has 3 rings (SSSR count). The lowest BCUT2D eigenvalue weighted by Gasteiger charge is -2.09. The van der Waals surface area contributed by atoms with Crippen LogP contribution in [0.5, 0.6) is 11.6 Å². The average molecular weight is 287 g/mol. The topological polar surface area (TPSA) is 64.9 Å². The SMILES string of the molecule is CCCNc1cc(Oc2cnn(CC)c2)nc(C2CC2)n1. The lowest BCUT2D eigenvalue weighted by atomic mass is 10.3. The highest BCUT2D eigenvalue weighted by Crippen LogP contribution is 2.39. The van der Waals surface area contributed by atoms with E-state index < -0.39 is 0 Å².